The third-order valence-electron chi connectivity index (χ3n) is 4.90. The number of hydrogen-bond donors (Lipinski definition) is 0. The van der Waals surface area contributed by atoms with Crippen LogP contribution < -0.4 is 4.74 Å². The first kappa shape index (κ1) is 18.5. The molecule has 2 aromatic rings. The van der Waals surface area contributed by atoms with Crippen molar-refractivity contribution in [3.05, 3.63) is 58.1 Å². The Labute approximate surface area is 166 Å². The summed E-state index contributed by atoms with van der Waals surface area (Å²) in [6, 6.07) is 12.2. The first-order chi connectivity index (χ1) is 12.9. The molecule has 27 heavy (non-hydrogen) atoms. The highest BCUT2D eigenvalue weighted by Gasteiger charge is 2.30. The van der Waals surface area contributed by atoms with Crippen molar-refractivity contribution in [2.75, 3.05) is 32.8 Å². The van der Waals surface area contributed by atoms with Gasteiger partial charge in [-0.25, -0.2) is 8.42 Å². The van der Waals surface area contributed by atoms with Crippen molar-refractivity contribution in [2.45, 2.75) is 11.3 Å². The number of rotatable bonds is 3. The largest absolute Gasteiger partial charge is 0.493 e. The lowest BCUT2D eigenvalue weighted by Crippen LogP contribution is -2.50. The topological polar surface area (TPSA) is 66.9 Å². The molecule has 0 spiro atoms. The number of sulfonamides is 1. The van der Waals surface area contributed by atoms with Crippen LogP contribution in [-0.2, 0) is 16.4 Å². The monoisotopic (exact) mass is 450 g/mol. The number of benzene rings is 2. The summed E-state index contributed by atoms with van der Waals surface area (Å²) in [4.78, 5) is 14.8. The maximum Gasteiger partial charge on any atom is 0.253 e. The molecule has 2 aliphatic heterocycles. The van der Waals surface area contributed by atoms with Crippen LogP contribution >= 0.6 is 15.9 Å². The van der Waals surface area contributed by atoms with E-state index in [-0.39, 0.29) is 23.9 Å². The molecule has 8 heteroatoms. The first-order valence-electron chi connectivity index (χ1n) is 8.76. The minimum atomic E-state index is -3.56. The summed E-state index contributed by atoms with van der Waals surface area (Å²) >= 11 is 3.31. The highest BCUT2D eigenvalue weighted by atomic mass is 79.9. The van der Waals surface area contributed by atoms with E-state index in [2.05, 4.69) is 15.9 Å². The number of ether oxygens (including phenoxy) is 1. The minimum absolute atomic E-state index is 0.0656. The number of carbonyl (C=O) groups excluding carboxylic acids is 1. The van der Waals surface area contributed by atoms with Gasteiger partial charge in [0.05, 0.1) is 11.5 Å². The van der Waals surface area contributed by atoms with Crippen LogP contribution in [0.25, 0.3) is 0 Å². The Balaban J connectivity index is 1.45. The predicted molar refractivity (Wildman–Crippen MR) is 104 cm³/mol. The molecule has 4 rings (SSSR count). The van der Waals surface area contributed by atoms with Gasteiger partial charge < -0.3 is 9.64 Å². The smallest absolute Gasteiger partial charge is 0.253 e. The van der Waals surface area contributed by atoms with Gasteiger partial charge in [0, 0.05) is 42.6 Å². The van der Waals surface area contributed by atoms with Crippen LogP contribution in [0.5, 0.6) is 5.75 Å². The van der Waals surface area contributed by atoms with Crippen LogP contribution in [0.4, 0.5) is 0 Å². The van der Waals surface area contributed by atoms with Gasteiger partial charge in [0.1, 0.15) is 5.75 Å². The van der Waals surface area contributed by atoms with Gasteiger partial charge >= 0.3 is 0 Å². The number of nitrogens with zero attached hydrogens (tertiary/aromatic N) is 2. The summed E-state index contributed by atoms with van der Waals surface area (Å²) in [6.07, 6.45) is 0.815. The van der Waals surface area contributed by atoms with E-state index in [0.29, 0.717) is 25.3 Å². The van der Waals surface area contributed by atoms with E-state index in [1.54, 1.807) is 35.2 Å². The molecule has 1 saturated heterocycles. The highest BCUT2D eigenvalue weighted by molar-refractivity contribution is 9.10. The number of fused-ring (bicyclic) bond motifs is 1. The summed E-state index contributed by atoms with van der Waals surface area (Å²) in [5, 5.41) is 0. The van der Waals surface area contributed by atoms with E-state index in [4.69, 9.17) is 4.74 Å². The summed E-state index contributed by atoms with van der Waals surface area (Å²) in [7, 11) is -3.56. The van der Waals surface area contributed by atoms with Crippen LogP contribution in [0.1, 0.15) is 15.9 Å². The molecule has 0 atom stereocenters. The van der Waals surface area contributed by atoms with E-state index < -0.39 is 10.0 Å². The first-order valence-corrected chi connectivity index (χ1v) is 11.0. The van der Waals surface area contributed by atoms with E-state index in [0.717, 1.165) is 22.2 Å². The normalized spacial score (nSPS) is 17.4. The summed E-state index contributed by atoms with van der Waals surface area (Å²) in [5.74, 6) is 0.778. The zero-order chi connectivity index (χ0) is 19.0. The van der Waals surface area contributed by atoms with E-state index in [1.165, 1.54) is 4.31 Å². The zero-order valence-corrected chi connectivity index (χ0v) is 17.0. The number of carbonyl (C=O) groups is 1. The van der Waals surface area contributed by atoms with Crippen LogP contribution in [0.15, 0.2) is 51.8 Å². The average molecular weight is 451 g/mol. The van der Waals surface area contributed by atoms with Gasteiger partial charge in [0.2, 0.25) is 10.0 Å². The fourth-order valence-electron chi connectivity index (χ4n) is 3.41. The van der Waals surface area contributed by atoms with Crippen LogP contribution in [0.2, 0.25) is 0 Å². The molecule has 0 saturated carbocycles. The molecule has 0 bridgehead atoms. The van der Waals surface area contributed by atoms with Gasteiger partial charge in [0.25, 0.3) is 5.91 Å². The number of halogens is 1. The lowest BCUT2D eigenvalue weighted by Gasteiger charge is -2.34. The Hall–Kier alpha value is -1.90. The summed E-state index contributed by atoms with van der Waals surface area (Å²) in [6.45, 7) is 1.97. The fraction of sp³-hybridized carbons (Fsp3) is 0.316. The Morgan fingerprint density at radius 2 is 1.81 bits per heavy atom. The van der Waals surface area contributed by atoms with Crippen LogP contribution in [0, 0.1) is 0 Å². The minimum Gasteiger partial charge on any atom is -0.493 e. The SMILES string of the molecule is O=C(c1ccc2c(c1)CCO2)N1CCN(S(=O)(=O)c2cccc(Br)c2)CC1. The van der Waals surface area contributed by atoms with Gasteiger partial charge in [-0.05, 0) is 42.0 Å². The zero-order valence-electron chi connectivity index (χ0n) is 14.6. The van der Waals surface area contributed by atoms with Crippen molar-refractivity contribution in [1.29, 1.82) is 0 Å². The van der Waals surface area contributed by atoms with E-state index in [9.17, 15) is 13.2 Å². The van der Waals surface area contributed by atoms with Gasteiger partial charge in [-0.1, -0.05) is 22.0 Å². The molecule has 2 heterocycles. The lowest BCUT2D eigenvalue weighted by atomic mass is 10.1. The molecule has 0 aliphatic carbocycles. The van der Waals surface area contributed by atoms with Crippen molar-refractivity contribution >= 4 is 31.9 Å². The molecule has 1 amide bonds. The third-order valence-corrected chi connectivity index (χ3v) is 7.28. The molecule has 0 unspecified atom stereocenters. The second kappa shape index (κ2) is 7.26. The molecule has 1 fully saturated rings. The summed E-state index contributed by atoms with van der Waals surface area (Å²) < 4.78 is 33.2. The van der Waals surface area contributed by atoms with Gasteiger partial charge in [-0.15, -0.1) is 0 Å². The van der Waals surface area contributed by atoms with Gasteiger partial charge in [0.15, 0.2) is 0 Å². The fourth-order valence-corrected chi connectivity index (χ4v) is 5.43. The molecule has 0 N–H and O–H groups in total. The Morgan fingerprint density at radius 1 is 1.04 bits per heavy atom. The van der Waals surface area contributed by atoms with E-state index >= 15 is 0 Å². The molecule has 2 aromatic carbocycles. The molecule has 6 nitrogen and oxygen atoms in total. The van der Waals surface area contributed by atoms with Crippen molar-refractivity contribution in [3.63, 3.8) is 0 Å². The second-order valence-electron chi connectivity index (χ2n) is 6.57. The average Bonchev–Trinajstić information content (AvgIpc) is 3.15. The van der Waals surface area contributed by atoms with Crippen LogP contribution in [0.3, 0.4) is 0 Å². The van der Waals surface area contributed by atoms with Gasteiger partial charge in [-0.3, -0.25) is 4.79 Å². The molecular weight excluding hydrogens is 432 g/mol. The Morgan fingerprint density at radius 3 is 2.56 bits per heavy atom. The van der Waals surface area contributed by atoms with Gasteiger partial charge in [-0.2, -0.15) is 4.31 Å². The Bertz CT molecular complexity index is 985. The molecule has 142 valence electrons. The quantitative estimate of drug-likeness (QED) is 0.720. The predicted octanol–water partition coefficient (Wildman–Crippen LogP) is 2.53. The molecular formula is C19H19BrN2O4S. The van der Waals surface area contributed by atoms with Crippen molar-refractivity contribution in [2.24, 2.45) is 0 Å². The molecule has 0 aromatic heterocycles. The Kier molecular flexibility index (Phi) is 4.96. The third kappa shape index (κ3) is 3.61. The standard InChI is InChI=1S/C19H19BrN2O4S/c20-16-2-1-3-17(13-16)27(24,25)22-9-7-21(8-10-22)19(23)15-4-5-18-14(12-15)6-11-26-18/h1-5,12-13H,6-11H2. The number of amides is 1. The van der Waals surface area contributed by atoms with Crippen LogP contribution in [-0.4, -0.2) is 56.3 Å². The second-order valence-corrected chi connectivity index (χ2v) is 9.43. The summed E-state index contributed by atoms with van der Waals surface area (Å²) in [5.41, 5.74) is 1.68. The maximum absolute atomic E-state index is 12.8. The highest BCUT2D eigenvalue weighted by Crippen LogP contribution is 2.27. The van der Waals surface area contributed by atoms with E-state index in [1.807, 2.05) is 12.1 Å². The number of piperazine rings is 1. The lowest BCUT2D eigenvalue weighted by molar-refractivity contribution is 0.0698. The molecule has 0 radical (unpaired) electrons. The van der Waals surface area contributed by atoms with Crippen molar-refractivity contribution in [1.82, 2.24) is 9.21 Å². The van der Waals surface area contributed by atoms with Crippen molar-refractivity contribution < 1.29 is 17.9 Å². The maximum atomic E-state index is 12.8. The molecule has 2 aliphatic rings. The number of hydrogen-bond acceptors (Lipinski definition) is 4. The van der Waals surface area contributed by atoms with Crippen molar-refractivity contribution in [3.8, 4) is 5.75 Å².